The molecule has 1 saturated heterocycles. The van der Waals surface area contributed by atoms with Crippen molar-refractivity contribution in [3.63, 3.8) is 0 Å². The predicted molar refractivity (Wildman–Crippen MR) is 103 cm³/mol. The molecule has 132 valence electrons. The van der Waals surface area contributed by atoms with Crippen LogP contribution in [0.25, 0.3) is 0 Å². The molecule has 0 spiro atoms. The van der Waals surface area contributed by atoms with Crippen molar-refractivity contribution in [3.05, 3.63) is 60.2 Å². The van der Waals surface area contributed by atoms with Crippen LogP contribution in [-0.4, -0.2) is 31.0 Å². The molecule has 25 heavy (non-hydrogen) atoms. The van der Waals surface area contributed by atoms with E-state index < -0.39 is 0 Å². The van der Waals surface area contributed by atoms with Crippen LogP contribution in [0.5, 0.6) is 11.5 Å². The monoisotopic (exact) mass is 357 g/mol. The van der Waals surface area contributed by atoms with E-state index >= 15 is 0 Å². The van der Waals surface area contributed by atoms with Gasteiger partial charge in [0, 0.05) is 6.54 Å². The van der Waals surface area contributed by atoms with Crippen LogP contribution in [0, 0.1) is 11.3 Å². The van der Waals surface area contributed by atoms with Crippen LogP contribution >= 0.6 is 11.8 Å². The van der Waals surface area contributed by atoms with Gasteiger partial charge in [-0.3, -0.25) is 4.79 Å². The minimum absolute atomic E-state index is 0.188. The molecule has 6 heteroatoms. The zero-order chi connectivity index (χ0) is 18.3. The molecule has 1 aliphatic rings. The number of nitriles is 1. The summed E-state index contributed by atoms with van der Waals surface area (Å²) < 4.78 is 5.58. The molecule has 0 bridgehead atoms. The number of para-hydroxylation sites is 2. The molecule has 1 aliphatic heterocycles. The Bertz CT molecular complexity index is 662. The van der Waals surface area contributed by atoms with E-state index in [0.29, 0.717) is 17.1 Å². The smallest absolute Gasteiger partial charge is 0.229 e. The third-order valence-corrected chi connectivity index (χ3v) is 4.04. The van der Waals surface area contributed by atoms with Crippen molar-refractivity contribution in [1.29, 1.82) is 5.26 Å². The number of nitrogens with two attached hydrogens (primary N) is 1. The minimum Gasteiger partial charge on any atom is -0.456 e. The predicted octanol–water partition coefficient (Wildman–Crippen LogP) is 3.16. The highest BCUT2D eigenvalue weighted by molar-refractivity contribution is 7.99. The first-order valence-electron chi connectivity index (χ1n) is 7.94. The molecule has 5 nitrogen and oxygen atoms in total. The SMILES string of the molecule is CN.N#Cc1ccccc1Oc1ccccc1.O=C1CSCCCN1. The molecule has 2 aromatic rings. The molecular weight excluding hydrogens is 334 g/mol. The number of carbonyl (C=O) groups is 1. The fraction of sp³-hybridized carbons (Fsp3) is 0.263. The number of ether oxygens (including phenoxy) is 1. The van der Waals surface area contributed by atoms with E-state index in [0.717, 1.165) is 24.5 Å². The quantitative estimate of drug-likeness (QED) is 0.862. The third-order valence-electron chi connectivity index (χ3n) is 3.00. The maximum Gasteiger partial charge on any atom is 0.229 e. The highest BCUT2D eigenvalue weighted by Gasteiger charge is 2.04. The zero-order valence-corrected chi connectivity index (χ0v) is 15.1. The largest absolute Gasteiger partial charge is 0.456 e. The molecule has 0 aliphatic carbocycles. The van der Waals surface area contributed by atoms with Crippen LogP contribution in [0.2, 0.25) is 0 Å². The zero-order valence-electron chi connectivity index (χ0n) is 14.3. The summed E-state index contributed by atoms with van der Waals surface area (Å²) in [6, 6.07) is 18.7. The van der Waals surface area contributed by atoms with Crippen LogP contribution in [0.4, 0.5) is 0 Å². The first kappa shape index (κ1) is 20.6. The van der Waals surface area contributed by atoms with Gasteiger partial charge in [-0.2, -0.15) is 17.0 Å². The Labute approximate surface area is 153 Å². The molecule has 0 aromatic heterocycles. The second kappa shape index (κ2) is 12.9. The van der Waals surface area contributed by atoms with Gasteiger partial charge in [0.25, 0.3) is 0 Å². The second-order valence-electron chi connectivity index (χ2n) is 4.78. The van der Waals surface area contributed by atoms with Gasteiger partial charge < -0.3 is 15.8 Å². The number of hydrogen-bond acceptors (Lipinski definition) is 5. The average molecular weight is 357 g/mol. The molecular formula is C19H23N3O2S. The van der Waals surface area contributed by atoms with E-state index in [1.54, 1.807) is 23.9 Å². The van der Waals surface area contributed by atoms with E-state index in [1.165, 1.54) is 7.05 Å². The second-order valence-corrected chi connectivity index (χ2v) is 5.88. The van der Waals surface area contributed by atoms with Gasteiger partial charge in [0.15, 0.2) is 0 Å². The first-order chi connectivity index (χ1) is 12.3. The standard InChI is InChI=1S/C13H9NO.C5H9NOS.CH5N/c14-10-11-6-4-5-9-13(11)15-12-7-2-1-3-8-12;7-5-4-8-3-1-2-6-5;1-2/h1-9H;1-4H2,(H,6,7);2H2,1H3. The molecule has 2 aromatic carbocycles. The average Bonchev–Trinajstić information content (AvgIpc) is 2.93. The van der Waals surface area contributed by atoms with E-state index in [9.17, 15) is 4.79 Å². The summed E-state index contributed by atoms with van der Waals surface area (Å²) in [5.41, 5.74) is 5.04. The highest BCUT2D eigenvalue weighted by Crippen LogP contribution is 2.23. The molecule has 0 saturated carbocycles. The van der Waals surface area contributed by atoms with Gasteiger partial charge in [-0.05, 0) is 43.5 Å². The van der Waals surface area contributed by atoms with Gasteiger partial charge in [0.2, 0.25) is 5.91 Å². The first-order valence-corrected chi connectivity index (χ1v) is 9.09. The molecule has 3 rings (SSSR count). The lowest BCUT2D eigenvalue weighted by Gasteiger charge is -2.06. The summed E-state index contributed by atoms with van der Waals surface area (Å²) in [6.45, 7) is 0.867. The number of benzene rings is 2. The van der Waals surface area contributed by atoms with Crippen LogP contribution < -0.4 is 15.8 Å². The number of carbonyl (C=O) groups excluding carboxylic acids is 1. The van der Waals surface area contributed by atoms with Crippen molar-refractivity contribution in [2.75, 3.05) is 25.1 Å². The molecule has 1 heterocycles. The normalized spacial score (nSPS) is 12.8. The van der Waals surface area contributed by atoms with E-state index in [1.807, 2.05) is 42.5 Å². The van der Waals surface area contributed by atoms with Crippen molar-refractivity contribution >= 4 is 17.7 Å². The Balaban J connectivity index is 0.000000264. The Morgan fingerprint density at radius 2 is 1.80 bits per heavy atom. The Kier molecular flexibility index (Phi) is 10.6. The van der Waals surface area contributed by atoms with E-state index in [2.05, 4.69) is 17.1 Å². The van der Waals surface area contributed by atoms with Crippen molar-refractivity contribution < 1.29 is 9.53 Å². The molecule has 1 fully saturated rings. The van der Waals surface area contributed by atoms with Gasteiger partial charge in [0.1, 0.15) is 17.6 Å². The number of hydrogen-bond donors (Lipinski definition) is 2. The van der Waals surface area contributed by atoms with Crippen LogP contribution in [0.3, 0.4) is 0 Å². The summed E-state index contributed by atoms with van der Waals surface area (Å²) in [5.74, 6) is 3.29. The van der Waals surface area contributed by atoms with Gasteiger partial charge in [-0.1, -0.05) is 30.3 Å². The summed E-state index contributed by atoms with van der Waals surface area (Å²) in [7, 11) is 1.50. The Morgan fingerprint density at radius 3 is 2.52 bits per heavy atom. The number of rotatable bonds is 2. The van der Waals surface area contributed by atoms with Crippen molar-refractivity contribution in [2.45, 2.75) is 6.42 Å². The molecule has 0 unspecified atom stereocenters. The van der Waals surface area contributed by atoms with Crippen LogP contribution in [0.1, 0.15) is 12.0 Å². The van der Waals surface area contributed by atoms with Crippen molar-refractivity contribution in [1.82, 2.24) is 5.32 Å². The molecule has 0 radical (unpaired) electrons. The number of amides is 1. The fourth-order valence-electron chi connectivity index (χ4n) is 1.88. The number of nitrogens with one attached hydrogen (secondary N) is 1. The maximum atomic E-state index is 10.6. The lowest BCUT2D eigenvalue weighted by Crippen LogP contribution is -2.23. The summed E-state index contributed by atoms with van der Waals surface area (Å²) in [5, 5.41) is 11.7. The molecule has 1 amide bonds. The van der Waals surface area contributed by atoms with E-state index in [4.69, 9.17) is 10.00 Å². The Hall–Kier alpha value is -2.49. The summed E-state index contributed by atoms with van der Waals surface area (Å²) in [4.78, 5) is 10.6. The van der Waals surface area contributed by atoms with Crippen molar-refractivity contribution in [3.8, 4) is 17.6 Å². The van der Waals surface area contributed by atoms with Crippen LogP contribution in [0.15, 0.2) is 54.6 Å². The lowest BCUT2D eigenvalue weighted by atomic mass is 10.2. The topological polar surface area (TPSA) is 88.1 Å². The lowest BCUT2D eigenvalue weighted by molar-refractivity contribution is -0.118. The fourth-order valence-corrected chi connectivity index (χ4v) is 2.66. The molecule has 0 atom stereocenters. The van der Waals surface area contributed by atoms with Gasteiger partial charge >= 0.3 is 0 Å². The van der Waals surface area contributed by atoms with Gasteiger partial charge in [-0.25, -0.2) is 0 Å². The van der Waals surface area contributed by atoms with Crippen LogP contribution in [-0.2, 0) is 4.79 Å². The van der Waals surface area contributed by atoms with E-state index in [-0.39, 0.29) is 5.91 Å². The maximum absolute atomic E-state index is 10.6. The van der Waals surface area contributed by atoms with Crippen molar-refractivity contribution in [2.24, 2.45) is 5.73 Å². The minimum atomic E-state index is 0.188. The molecule has 3 N–H and O–H groups in total. The summed E-state index contributed by atoms with van der Waals surface area (Å²) >= 11 is 1.71. The van der Waals surface area contributed by atoms with Gasteiger partial charge in [-0.15, -0.1) is 0 Å². The Morgan fingerprint density at radius 1 is 1.12 bits per heavy atom. The van der Waals surface area contributed by atoms with Gasteiger partial charge in [0.05, 0.1) is 11.3 Å². The summed E-state index contributed by atoms with van der Waals surface area (Å²) in [6.07, 6.45) is 1.12. The number of nitrogens with zero attached hydrogens (tertiary/aromatic N) is 1. The highest BCUT2D eigenvalue weighted by atomic mass is 32.2. The number of thioether (sulfide) groups is 1. The third kappa shape index (κ3) is 8.25.